The summed E-state index contributed by atoms with van der Waals surface area (Å²) in [5.74, 6) is -0.000404. The molecule has 0 unspecified atom stereocenters. The van der Waals surface area contributed by atoms with Crippen molar-refractivity contribution >= 4 is 43.9 Å². The van der Waals surface area contributed by atoms with Crippen LogP contribution in [-0.2, 0) is 21.4 Å². The number of amides is 1. The van der Waals surface area contributed by atoms with Gasteiger partial charge in [0.2, 0.25) is 15.9 Å². The largest absolute Gasteiger partial charge is 0.408 e. The van der Waals surface area contributed by atoms with Crippen molar-refractivity contribution in [2.45, 2.75) is 62.2 Å². The van der Waals surface area contributed by atoms with Gasteiger partial charge in [-0.1, -0.05) is 18.3 Å². The molecule has 3 aromatic rings. The fraction of sp³-hybridized carbons (Fsp3) is 0.560. The van der Waals surface area contributed by atoms with Crippen LogP contribution in [0.4, 0.5) is 27.6 Å². The number of carbonyl (C=O) groups is 1. The quantitative estimate of drug-likeness (QED) is 0.366. The van der Waals surface area contributed by atoms with E-state index in [9.17, 15) is 40.4 Å². The number of hydrogen-bond donors (Lipinski definition) is 1. The van der Waals surface area contributed by atoms with Gasteiger partial charge in [0.15, 0.2) is 10.0 Å². The van der Waals surface area contributed by atoms with E-state index in [1.807, 2.05) is 13.0 Å². The maximum atomic E-state index is 13.7. The molecule has 43 heavy (non-hydrogen) atoms. The monoisotopic (exact) mass is 644 g/mol. The second-order valence-electron chi connectivity index (χ2n) is 11.3. The van der Waals surface area contributed by atoms with Gasteiger partial charge in [-0.25, -0.2) is 17.2 Å². The highest BCUT2D eigenvalue weighted by Gasteiger charge is 2.48. The average Bonchev–Trinajstić information content (AvgIpc) is 3.79. The van der Waals surface area contributed by atoms with Gasteiger partial charge in [-0.05, 0) is 37.8 Å². The molecule has 0 spiro atoms. The Balaban J connectivity index is 1.49. The maximum Gasteiger partial charge on any atom is 0.408 e. The summed E-state index contributed by atoms with van der Waals surface area (Å²) in [6.45, 7) is 1.24. The Bertz CT molecular complexity index is 1750. The number of nitriles is 1. The highest BCUT2D eigenvalue weighted by molar-refractivity contribution is 7.89. The molecule has 3 fully saturated rings. The van der Waals surface area contributed by atoms with Crippen molar-refractivity contribution in [3.8, 4) is 16.8 Å². The van der Waals surface area contributed by atoms with E-state index in [4.69, 9.17) is 0 Å². The zero-order valence-corrected chi connectivity index (χ0v) is 24.3. The summed E-state index contributed by atoms with van der Waals surface area (Å²) in [5.41, 5.74) is -1.90. The van der Waals surface area contributed by atoms with Crippen LogP contribution < -0.4 is 9.62 Å². The third-order valence-corrected chi connectivity index (χ3v) is 10.4. The lowest BCUT2D eigenvalue weighted by atomic mass is 10.1. The molecule has 230 valence electrons. The number of nitrogens with zero attached hydrogens (tertiary/aromatic N) is 7. The van der Waals surface area contributed by atoms with Crippen LogP contribution >= 0.6 is 11.3 Å². The number of hydrogen-bond acceptors (Lipinski definition) is 9. The second-order valence-corrected chi connectivity index (χ2v) is 14.0. The standard InChI is InChI=1S/C25H25F5N8O3S2/c1-23(2-3-23)22(39)37-8-6-36(7-9-37)16-11-14(43(40,41)35-24(12-31)4-5-24)10-15-17(20-32-33-21(42-20)19(26)27)34-38(18(15)16)13-25(28,29)30/h10-11,19,35H,2-9,13H2,1H3. The van der Waals surface area contributed by atoms with Gasteiger partial charge in [0.1, 0.15) is 17.8 Å². The molecule has 18 heteroatoms. The molecular weight excluding hydrogens is 619 g/mol. The number of halogens is 5. The van der Waals surface area contributed by atoms with Crippen LogP contribution in [0, 0.1) is 16.7 Å². The maximum absolute atomic E-state index is 13.7. The number of rotatable bonds is 8. The number of nitrogens with one attached hydrogen (secondary N) is 1. The van der Waals surface area contributed by atoms with Crippen LogP contribution in [0.15, 0.2) is 17.0 Å². The molecule has 1 aliphatic heterocycles. The van der Waals surface area contributed by atoms with Crippen molar-refractivity contribution in [3.05, 3.63) is 17.1 Å². The van der Waals surface area contributed by atoms with Gasteiger partial charge in [0.25, 0.3) is 6.43 Å². The van der Waals surface area contributed by atoms with E-state index in [-0.39, 0.29) is 64.3 Å². The number of benzene rings is 1. The van der Waals surface area contributed by atoms with Crippen LogP contribution in [0.25, 0.3) is 21.6 Å². The van der Waals surface area contributed by atoms with E-state index in [0.717, 1.165) is 18.9 Å². The summed E-state index contributed by atoms with van der Waals surface area (Å²) in [5, 5.41) is 19.7. The first-order chi connectivity index (χ1) is 20.1. The number of alkyl halides is 5. The first-order valence-electron chi connectivity index (χ1n) is 13.4. The van der Waals surface area contributed by atoms with Crippen LogP contribution in [0.5, 0.6) is 0 Å². The van der Waals surface area contributed by atoms with Crippen molar-refractivity contribution in [2.24, 2.45) is 5.41 Å². The lowest BCUT2D eigenvalue weighted by molar-refractivity contribution is -0.141. The van der Waals surface area contributed by atoms with E-state index in [1.165, 1.54) is 6.07 Å². The summed E-state index contributed by atoms with van der Waals surface area (Å²) in [6.07, 6.45) is -5.57. The fourth-order valence-electron chi connectivity index (χ4n) is 5.14. The highest BCUT2D eigenvalue weighted by Crippen LogP contribution is 2.47. The number of aromatic nitrogens is 4. The Morgan fingerprint density at radius 1 is 1.14 bits per heavy atom. The lowest BCUT2D eigenvalue weighted by Crippen LogP contribution is -2.50. The molecule has 1 amide bonds. The van der Waals surface area contributed by atoms with Crippen molar-refractivity contribution in [1.29, 1.82) is 5.26 Å². The Hall–Kier alpha value is -3.43. The number of carbonyl (C=O) groups excluding carboxylic acids is 1. The third-order valence-electron chi connectivity index (χ3n) is 7.98. The van der Waals surface area contributed by atoms with Crippen LogP contribution in [0.2, 0.25) is 0 Å². The van der Waals surface area contributed by atoms with E-state index in [1.54, 1.807) is 9.80 Å². The lowest BCUT2D eigenvalue weighted by Gasteiger charge is -2.37. The van der Waals surface area contributed by atoms with Crippen LogP contribution in [-0.4, -0.2) is 77.1 Å². The first kappa shape index (κ1) is 29.6. The predicted molar refractivity (Wildman–Crippen MR) is 144 cm³/mol. The Morgan fingerprint density at radius 3 is 2.35 bits per heavy atom. The predicted octanol–water partition coefficient (Wildman–Crippen LogP) is 3.84. The first-order valence-corrected chi connectivity index (χ1v) is 15.7. The van der Waals surface area contributed by atoms with Gasteiger partial charge in [0.05, 0.1) is 22.2 Å². The molecule has 1 aromatic carbocycles. The molecule has 11 nitrogen and oxygen atoms in total. The molecule has 2 aromatic heterocycles. The molecule has 3 aliphatic rings. The van der Waals surface area contributed by atoms with Crippen molar-refractivity contribution < 1.29 is 35.2 Å². The molecule has 1 N–H and O–H groups in total. The molecular formula is C25H25F5N8O3S2. The zero-order valence-electron chi connectivity index (χ0n) is 22.7. The van der Waals surface area contributed by atoms with Crippen LogP contribution in [0.1, 0.15) is 44.0 Å². The number of piperazine rings is 1. The zero-order chi connectivity index (χ0) is 30.9. The molecule has 1 saturated heterocycles. The summed E-state index contributed by atoms with van der Waals surface area (Å²) in [4.78, 5) is 15.9. The molecule has 3 heterocycles. The van der Waals surface area contributed by atoms with Gasteiger partial charge >= 0.3 is 6.18 Å². The SMILES string of the molecule is CC1(C(=O)N2CCN(c3cc(S(=O)(=O)NC4(C#N)CC4)cc4c(-c5nnc(C(F)F)s5)nn(CC(F)(F)F)c34)CC2)CC1. The second kappa shape index (κ2) is 10.1. The average molecular weight is 645 g/mol. The van der Waals surface area contributed by atoms with Crippen molar-refractivity contribution in [1.82, 2.24) is 29.6 Å². The Kier molecular flexibility index (Phi) is 6.93. The summed E-state index contributed by atoms with van der Waals surface area (Å²) < 4.78 is 97.9. The Morgan fingerprint density at radius 2 is 1.81 bits per heavy atom. The van der Waals surface area contributed by atoms with Crippen LogP contribution in [0.3, 0.4) is 0 Å². The van der Waals surface area contributed by atoms with Crippen molar-refractivity contribution in [2.75, 3.05) is 31.1 Å². The normalized spacial score (nSPS) is 19.6. The molecule has 2 aliphatic carbocycles. The van der Waals surface area contributed by atoms with Gasteiger partial charge < -0.3 is 9.80 Å². The van der Waals surface area contributed by atoms with E-state index >= 15 is 0 Å². The molecule has 0 radical (unpaired) electrons. The minimum atomic E-state index is -4.73. The topological polar surface area (TPSA) is 137 Å². The molecule has 0 atom stereocenters. The highest BCUT2D eigenvalue weighted by atomic mass is 32.2. The summed E-state index contributed by atoms with van der Waals surface area (Å²) >= 11 is 0.435. The summed E-state index contributed by atoms with van der Waals surface area (Å²) in [6, 6.07) is 4.27. The number of fused-ring (bicyclic) bond motifs is 1. The molecule has 0 bridgehead atoms. The smallest absolute Gasteiger partial charge is 0.366 e. The van der Waals surface area contributed by atoms with E-state index < -0.39 is 45.1 Å². The van der Waals surface area contributed by atoms with E-state index in [0.29, 0.717) is 28.9 Å². The third kappa shape index (κ3) is 5.65. The van der Waals surface area contributed by atoms with Gasteiger partial charge in [-0.15, -0.1) is 10.2 Å². The van der Waals surface area contributed by atoms with Gasteiger partial charge in [-0.2, -0.15) is 28.3 Å². The minimum absolute atomic E-state index is 0.000404. The van der Waals surface area contributed by atoms with E-state index in [2.05, 4.69) is 20.0 Å². The molecule has 6 rings (SSSR count). The minimum Gasteiger partial charge on any atom is -0.366 e. The molecule has 2 saturated carbocycles. The Labute approximate surface area is 246 Å². The van der Waals surface area contributed by atoms with Crippen molar-refractivity contribution in [3.63, 3.8) is 0 Å². The summed E-state index contributed by atoms with van der Waals surface area (Å²) in [7, 11) is -4.36. The number of anilines is 1. The fourth-order valence-corrected chi connectivity index (χ4v) is 7.26. The number of sulfonamides is 1. The van der Waals surface area contributed by atoms with Gasteiger partial charge in [0, 0.05) is 37.0 Å². The van der Waals surface area contributed by atoms with Gasteiger partial charge in [-0.3, -0.25) is 9.48 Å².